The Labute approximate surface area is 108 Å². The van der Waals surface area contributed by atoms with Crippen LogP contribution in [0.2, 0.25) is 0 Å². The highest BCUT2D eigenvalue weighted by atomic mass is 19.1. The maximum atomic E-state index is 13.7. The van der Waals surface area contributed by atoms with Gasteiger partial charge in [0.1, 0.15) is 11.6 Å². The van der Waals surface area contributed by atoms with E-state index in [0.29, 0.717) is 25.9 Å². The number of nitroso groups, excluding NO2 is 1. The molecular weight excluding hydrogens is 256 g/mol. The normalized spacial score (nSPS) is 17.6. The second-order valence-corrected chi connectivity index (χ2v) is 4.42. The first-order chi connectivity index (χ1) is 9.15. The van der Waals surface area contributed by atoms with E-state index >= 15 is 0 Å². The van der Waals surface area contributed by atoms with Crippen LogP contribution in [0.5, 0.6) is 0 Å². The van der Waals surface area contributed by atoms with Gasteiger partial charge in [0, 0.05) is 30.6 Å². The molecule has 1 heterocycles. The monoisotopic (exact) mass is 269 g/mol. The second kappa shape index (κ2) is 5.73. The van der Waals surface area contributed by atoms with E-state index in [1.54, 1.807) is 0 Å². The molecular formula is C12H13F2N3O2. The minimum atomic E-state index is -0.760. The summed E-state index contributed by atoms with van der Waals surface area (Å²) in [6.07, 6.45) is 1.06. The number of rotatable bonds is 3. The smallest absolute Gasteiger partial charge is 0.135 e. The maximum Gasteiger partial charge on any atom is 0.135 e. The Hall–Kier alpha value is -2.05. The largest absolute Gasteiger partial charge is 0.411 e. The van der Waals surface area contributed by atoms with E-state index in [1.807, 2.05) is 0 Å². The molecule has 102 valence electrons. The number of hydrogen-bond donors (Lipinski definition) is 1. The Bertz CT molecular complexity index is 500. The van der Waals surface area contributed by atoms with Crippen molar-refractivity contribution in [2.45, 2.75) is 12.8 Å². The van der Waals surface area contributed by atoms with Crippen LogP contribution < -0.4 is 0 Å². The molecule has 0 atom stereocenters. The Balaban J connectivity index is 2.19. The molecule has 0 unspecified atom stereocenters. The molecule has 0 saturated carbocycles. The molecule has 1 aromatic rings. The van der Waals surface area contributed by atoms with Crippen LogP contribution in [-0.4, -0.2) is 29.0 Å². The Morgan fingerprint density at radius 2 is 2.00 bits per heavy atom. The van der Waals surface area contributed by atoms with Crippen LogP contribution in [0.4, 0.5) is 8.78 Å². The predicted molar refractivity (Wildman–Crippen MR) is 64.8 cm³/mol. The summed E-state index contributed by atoms with van der Waals surface area (Å²) in [6.45, 7) is 0.853. The standard InChI is InChI=1S/C12H13F2N3O2/c13-9-1-2-10(11(14)7-9)12(15-18)8-3-5-17(16-19)6-4-8/h1-2,7-8,18H,3-6H2/b15-12-. The molecule has 0 radical (unpaired) electrons. The lowest BCUT2D eigenvalue weighted by Gasteiger charge is -2.28. The number of oxime groups is 1. The van der Waals surface area contributed by atoms with Gasteiger partial charge in [-0.05, 0) is 25.0 Å². The highest BCUT2D eigenvalue weighted by molar-refractivity contribution is 6.02. The first-order valence-corrected chi connectivity index (χ1v) is 5.91. The van der Waals surface area contributed by atoms with Gasteiger partial charge >= 0.3 is 0 Å². The lowest BCUT2D eigenvalue weighted by molar-refractivity contribution is 0.212. The SMILES string of the molecule is O=NN1CCC(/C(=N/O)c2ccc(F)cc2F)CC1. The summed E-state index contributed by atoms with van der Waals surface area (Å²) in [5, 5.41) is 16.4. The van der Waals surface area contributed by atoms with Crippen LogP contribution in [0.3, 0.4) is 0 Å². The summed E-state index contributed by atoms with van der Waals surface area (Å²) < 4.78 is 26.5. The van der Waals surface area contributed by atoms with Crippen molar-refractivity contribution >= 4 is 5.71 Å². The molecule has 0 amide bonds. The van der Waals surface area contributed by atoms with Crippen LogP contribution >= 0.6 is 0 Å². The van der Waals surface area contributed by atoms with Crippen molar-refractivity contribution in [3.63, 3.8) is 0 Å². The van der Waals surface area contributed by atoms with E-state index in [1.165, 1.54) is 11.1 Å². The van der Waals surface area contributed by atoms with Crippen molar-refractivity contribution in [2.75, 3.05) is 13.1 Å². The van der Waals surface area contributed by atoms with Crippen molar-refractivity contribution in [1.29, 1.82) is 0 Å². The van der Waals surface area contributed by atoms with Gasteiger partial charge < -0.3 is 5.21 Å². The topological polar surface area (TPSA) is 65.3 Å². The van der Waals surface area contributed by atoms with E-state index in [2.05, 4.69) is 10.4 Å². The minimum Gasteiger partial charge on any atom is -0.411 e. The van der Waals surface area contributed by atoms with E-state index in [0.717, 1.165) is 12.1 Å². The average molecular weight is 269 g/mol. The summed E-state index contributed by atoms with van der Waals surface area (Å²) >= 11 is 0. The third-order valence-corrected chi connectivity index (χ3v) is 3.29. The van der Waals surface area contributed by atoms with Gasteiger partial charge in [-0.25, -0.2) is 8.78 Å². The molecule has 1 aromatic carbocycles. The van der Waals surface area contributed by atoms with Crippen molar-refractivity contribution in [1.82, 2.24) is 5.01 Å². The lowest BCUT2D eigenvalue weighted by atomic mass is 9.88. The molecule has 0 aliphatic carbocycles. The fourth-order valence-electron chi connectivity index (χ4n) is 2.27. The molecule has 19 heavy (non-hydrogen) atoms. The lowest BCUT2D eigenvalue weighted by Crippen LogP contribution is -2.33. The summed E-state index contributed by atoms with van der Waals surface area (Å²) in [5.41, 5.74) is 0.268. The predicted octanol–water partition coefficient (Wildman–Crippen LogP) is 2.54. The van der Waals surface area contributed by atoms with Crippen LogP contribution in [0.25, 0.3) is 0 Å². The summed E-state index contributed by atoms with van der Waals surface area (Å²) in [4.78, 5) is 10.4. The first kappa shape index (κ1) is 13.4. The summed E-state index contributed by atoms with van der Waals surface area (Å²) in [5.74, 6) is -1.62. The molecule has 1 aliphatic heterocycles. The molecule has 5 nitrogen and oxygen atoms in total. The highest BCUT2D eigenvalue weighted by Crippen LogP contribution is 2.24. The molecule has 0 aromatic heterocycles. The van der Waals surface area contributed by atoms with Gasteiger partial charge in [-0.2, -0.15) is 0 Å². The number of hydrogen-bond acceptors (Lipinski definition) is 4. The number of piperidine rings is 1. The number of benzene rings is 1. The van der Waals surface area contributed by atoms with Crippen molar-refractivity contribution in [2.24, 2.45) is 16.4 Å². The molecule has 1 fully saturated rings. The van der Waals surface area contributed by atoms with Crippen LogP contribution in [0.1, 0.15) is 18.4 Å². The zero-order valence-corrected chi connectivity index (χ0v) is 10.1. The average Bonchev–Trinajstić information content (AvgIpc) is 2.42. The fraction of sp³-hybridized carbons (Fsp3) is 0.417. The van der Waals surface area contributed by atoms with E-state index in [-0.39, 0.29) is 17.2 Å². The van der Waals surface area contributed by atoms with Crippen molar-refractivity contribution in [3.05, 3.63) is 40.3 Å². The first-order valence-electron chi connectivity index (χ1n) is 5.91. The van der Waals surface area contributed by atoms with Crippen molar-refractivity contribution < 1.29 is 14.0 Å². The zero-order valence-electron chi connectivity index (χ0n) is 10.1. The van der Waals surface area contributed by atoms with E-state index in [4.69, 9.17) is 5.21 Å². The van der Waals surface area contributed by atoms with Gasteiger partial charge in [-0.15, -0.1) is 4.91 Å². The molecule has 0 bridgehead atoms. The third-order valence-electron chi connectivity index (χ3n) is 3.29. The molecule has 1 saturated heterocycles. The zero-order chi connectivity index (χ0) is 13.8. The summed E-state index contributed by atoms with van der Waals surface area (Å²) in [7, 11) is 0. The van der Waals surface area contributed by atoms with Gasteiger partial charge in [0.25, 0.3) is 0 Å². The highest BCUT2D eigenvalue weighted by Gasteiger charge is 2.26. The van der Waals surface area contributed by atoms with Crippen molar-refractivity contribution in [3.8, 4) is 0 Å². The van der Waals surface area contributed by atoms with Crippen LogP contribution in [0, 0.1) is 22.5 Å². The Kier molecular flexibility index (Phi) is 4.03. The maximum absolute atomic E-state index is 13.7. The number of halogens is 2. The Morgan fingerprint density at radius 1 is 1.32 bits per heavy atom. The van der Waals surface area contributed by atoms with Gasteiger partial charge in [0.15, 0.2) is 0 Å². The third kappa shape index (κ3) is 2.86. The fourth-order valence-corrected chi connectivity index (χ4v) is 2.27. The van der Waals surface area contributed by atoms with Gasteiger partial charge in [-0.3, -0.25) is 5.01 Å². The number of nitrogens with zero attached hydrogens (tertiary/aromatic N) is 3. The molecule has 0 spiro atoms. The minimum absolute atomic E-state index is 0.0846. The molecule has 7 heteroatoms. The molecule has 1 aliphatic rings. The van der Waals surface area contributed by atoms with Gasteiger partial charge in [0.2, 0.25) is 0 Å². The second-order valence-electron chi connectivity index (χ2n) is 4.42. The Morgan fingerprint density at radius 3 is 2.53 bits per heavy atom. The van der Waals surface area contributed by atoms with E-state index < -0.39 is 11.6 Å². The van der Waals surface area contributed by atoms with Gasteiger partial charge in [0.05, 0.1) is 11.0 Å². The molecule has 1 N–H and O–H groups in total. The quantitative estimate of drug-likeness (QED) is 0.397. The molecule has 2 rings (SSSR count). The van der Waals surface area contributed by atoms with Gasteiger partial charge in [-0.1, -0.05) is 5.16 Å². The van der Waals surface area contributed by atoms with Crippen LogP contribution in [-0.2, 0) is 0 Å². The van der Waals surface area contributed by atoms with Crippen LogP contribution in [0.15, 0.2) is 28.6 Å². The van der Waals surface area contributed by atoms with E-state index in [9.17, 15) is 13.7 Å². The summed E-state index contributed by atoms with van der Waals surface area (Å²) in [6, 6.07) is 3.12.